The molecule has 2 atom stereocenters. The van der Waals surface area contributed by atoms with Crippen molar-refractivity contribution in [1.82, 2.24) is 21.7 Å². The summed E-state index contributed by atoms with van der Waals surface area (Å²) in [5, 5.41) is 10.5. The van der Waals surface area contributed by atoms with Crippen molar-refractivity contribution >= 4 is 28.2 Å². The zero-order valence-electron chi connectivity index (χ0n) is 12.9. The topological polar surface area (TPSA) is 125 Å². The van der Waals surface area contributed by atoms with Crippen molar-refractivity contribution in [1.29, 1.82) is 0 Å². The van der Waals surface area contributed by atoms with Gasteiger partial charge in [-0.15, -0.1) is 0 Å². The maximum absolute atomic E-state index is 12.1. The molecule has 0 saturated carbocycles. The monoisotopic (exact) mass is 361 g/mol. The van der Waals surface area contributed by atoms with Crippen LogP contribution in [-0.4, -0.2) is 22.8 Å². The Hall–Kier alpha value is -2.82. The lowest BCUT2D eigenvalue weighted by molar-refractivity contribution is -0.380. The third kappa shape index (κ3) is 3.99. The molecule has 1 aliphatic heterocycles. The van der Waals surface area contributed by atoms with Crippen molar-refractivity contribution in [3.63, 3.8) is 0 Å². The molecule has 25 heavy (non-hydrogen) atoms. The van der Waals surface area contributed by atoms with E-state index in [0.29, 0.717) is 6.42 Å². The van der Waals surface area contributed by atoms with Gasteiger partial charge in [0.2, 0.25) is 0 Å². The number of carbonyl (C=O) groups excluding carboxylic acids is 2. The minimum atomic E-state index is -0.600. The molecule has 10 heteroatoms. The smallest absolute Gasteiger partial charge is 0.271 e. The summed E-state index contributed by atoms with van der Waals surface area (Å²) in [6.45, 7) is 0. The number of nitro groups is 1. The zero-order valence-corrected chi connectivity index (χ0v) is 13.7. The van der Waals surface area contributed by atoms with Gasteiger partial charge in [0, 0.05) is 12.1 Å². The molecule has 1 aromatic carbocycles. The number of nitrogens with zero attached hydrogens (tertiary/aromatic N) is 1. The predicted molar refractivity (Wildman–Crippen MR) is 90.4 cm³/mol. The van der Waals surface area contributed by atoms with Crippen LogP contribution in [0.5, 0.6) is 0 Å². The number of carbonyl (C=O) groups is 2. The summed E-state index contributed by atoms with van der Waals surface area (Å²) in [7, 11) is 0. The van der Waals surface area contributed by atoms with Crippen molar-refractivity contribution in [2.45, 2.75) is 18.5 Å². The van der Waals surface area contributed by atoms with Crippen LogP contribution in [0.15, 0.2) is 42.5 Å². The minimum absolute atomic E-state index is 0.00685. The van der Waals surface area contributed by atoms with Gasteiger partial charge in [-0.05, 0) is 18.1 Å². The third-order valence-corrected chi connectivity index (χ3v) is 4.75. The fourth-order valence-electron chi connectivity index (χ4n) is 2.45. The standard InChI is InChI=1S/C15H15N5O4S/c21-14(11-8-10(16-17-11)9-4-2-1-3-5-9)18-19-15(22)12-6-7-13(25-12)20(23)24/h1-7,10-11,16-17H,8H2,(H,18,21)(H,19,22). The Kier molecular flexibility index (Phi) is 5.03. The van der Waals surface area contributed by atoms with Gasteiger partial charge in [-0.1, -0.05) is 41.7 Å². The molecule has 1 aromatic heterocycles. The summed E-state index contributed by atoms with van der Waals surface area (Å²) in [5.74, 6) is -0.998. The first kappa shape index (κ1) is 17.0. The maximum atomic E-state index is 12.1. The van der Waals surface area contributed by atoms with Crippen molar-refractivity contribution in [2.75, 3.05) is 0 Å². The molecule has 1 aliphatic rings. The van der Waals surface area contributed by atoms with E-state index in [9.17, 15) is 19.7 Å². The van der Waals surface area contributed by atoms with Crippen molar-refractivity contribution in [3.8, 4) is 0 Å². The number of rotatable bonds is 4. The molecule has 4 N–H and O–H groups in total. The molecule has 0 aliphatic carbocycles. The van der Waals surface area contributed by atoms with E-state index in [2.05, 4.69) is 21.7 Å². The second-order valence-corrected chi connectivity index (χ2v) is 6.44. The Morgan fingerprint density at radius 3 is 2.56 bits per heavy atom. The van der Waals surface area contributed by atoms with Crippen LogP contribution in [0.4, 0.5) is 5.00 Å². The van der Waals surface area contributed by atoms with E-state index in [1.165, 1.54) is 12.1 Å². The molecule has 2 heterocycles. The van der Waals surface area contributed by atoms with Crippen LogP contribution in [0.3, 0.4) is 0 Å². The average Bonchev–Trinajstić information content (AvgIpc) is 3.29. The number of hydrogen-bond acceptors (Lipinski definition) is 7. The van der Waals surface area contributed by atoms with Gasteiger partial charge in [0.15, 0.2) is 0 Å². The van der Waals surface area contributed by atoms with E-state index in [-0.39, 0.29) is 15.9 Å². The van der Waals surface area contributed by atoms with E-state index in [0.717, 1.165) is 16.9 Å². The molecule has 1 fully saturated rings. The van der Waals surface area contributed by atoms with Crippen LogP contribution in [0, 0.1) is 10.1 Å². The van der Waals surface area contributed by atoms with Crippen LogP contribution in [-0.2, 0) is 4.79 Å². The first-order valence-electron chi connectivity index (χ1n) is 7.45. The van der Waals surface area contributed by atoms with E-state index in [1.807, 2.05) is 30.3 Å². The molecule has 3 rings (SSSR count). The Bertz CT molecular complexity index is 794. The lowest BCUT2D eigenvalue weighted by Gasteiger charge is -2.11. The predicted octanol–water partition coefficient (Wildman–Crippen LogP) is 1.03. The highest BCUT2D eigenvalue weighted by atomic mass is 32.1. The molecule has 2 aromatic rings. The second-order valence-electron chi connectivity index (χ2n) is 5.38. The summed E-state index contributed by atoms with van der Waals surface area (Å²) < 4.78 is 0. The molecule has 2 amide bonds. The van der Waals surface area contributed by atoms with E-state index < -0.39 is 22.8 Å². The van der Waals surface area contributed by atoms with Gasteiger partial charge in [-0.3, -0.25) is 30.6 Å². The molecular weight excluding hydrogens is 346 g/mol. The number of amides is 2. The lowest BCUT2D eigenvalue weighted by atomic mass is 10.0. The Labute approximate surface area is 146 Å². The Morgan fingerprint density at radius 1 is 1.12 bits per heavy atom. The first-order valence-corrected chi connectivity index (χ1v) is 8.26. The largest absolute Gasteiger partial charge is 0.324 e. The lowest BCUT2D eigenvalue weighted by Crippen LogP contribution is -2.50. The number of hydrazine groups is 2. The van der Waals surface area contributed by atoms with Gasteiger partial charge >= 0.3 is 5.00 Å². The van der Waals surface area contributed by atoms with Crippen LogP contribution in [0.25, 0.3) is 0 Å². The normalized spacial score (nSPS) is 19.4. The molecule has 9 nitrogen and oxygen atoms in total. The maximum Gasteiger partial charge on any atom is 0.324 e. The number of benzene rings is 1. The van der Waals surface area contributed by atoms with Crippen molar-refractivity contribution in [2.24, 2.45) is 0 Å². The highest BCUT2D eigenvalue weighted by Gasteiger charge is 2.30. The average molecular weight is 361 g/mol. The number of nitrogens with one attached hydrogen (secondary N) is 4. The van der Waals surface area contributed by atoms with Gasteiger partial charge in [0.25, 0.3) is 11.8 Å². The number of thiophene rings is 1. The third-order valence-electron chi connectivity index (χ3n) is 3.72. The second kappa shape index (κ2) is 7.38. The molecule has 0 spiro atoms. The van der Waals surface area contributed by atoms with E-state index in [1.54, 1.807) is 0 Å². The number of hydrogen-bond donors (Lipinski definition) is 4. The van der Waals surface area contributed by atoms with Crippen LogP contribution >= 0.6 is 11.3 Å². The molecular formula is C15H15N5O4S. The summed E-state index contributed by atoms with van der Waals surface area (Å²) in [5.41, 5.74) is 11.6. The van der Waals surface area contributed by atoms with Gasteiger partial charge < -0.3 is 0 Å². The zero-order chi connectivity index (χ0) is 17.8. The highest BCUT2D eigenvalue weighted by molar-refractivity contribution is 7.17. The quantitative estimate of drug-likeness (QED) is 0.476. The minimum Gasteiger partial charge on any atom is -0.271 e. The van der Waals surface area contributed by atoms with E-state index in [4.69, 9.17) is 0 Å². The van der Waals surface area contributed by atoms with Gasteiger partial charge in [0.1, 0.15) is 10.9 Å². The Balaban J connectivity index is 1.51. The van der Waals surface area contributed by atoms with Crippen LogP contribution < -0.4 is 21.7 Å². The molecule has 0 bridgehead atoms. The fourth-order valence-corrected chi connectivity index (χ4v) is 3.16. The fraction of sp³-hybridized carbons (Fsp3) is 0.200. The summed E-state index contributed by atoms with van der Waals surface area (Å²) in [6, 6.07) is 11.8. The summed E-state index contributed by atoms with van der Waals surface area (Å²) in [4.78, 5) is 34.2. The summed E-state index contributed by atoms with van der Waals surface area (Å²) >= 11 is 0.740. The molecule has 130 valence electrons. The first-order chi connectivity index (χ1) is 12.0. The van der Waals surface area contributed by atoms with Crippen molar-refractivity contribution in [3.05, 3.63) is 63.0 Å². The van der Waals surface area contributed by atoms with Crippen LogP contribution in [0.1, 0.15) is 27.7 Å². The molecule has 0 radical (unpaired) electrons. The van der Waals surface area contributed by atoms with Crippen LogP contribution in [0.2, 0.25) is 0 Å². The summed E-state index contributed by atoms with van der Waals surface area (Å²) in [6.07, 6.45) is 0.524. The van der Waals surface area contributed by atoms with E-state index >= 15 is 0 Å². The highest BCUT2D eigenvalue weighted by Crippen LogP contribution is 2.24. The SMILES string of the molecule is O=C(NNC(=O)C1CC(c2ccccc2)NN1)c1ccc([N+](=O)[O-])s1. The Morgan fingerprint density at radius 2 is 1.88 bits per heavy atom. The molecule has 2 unspecified atom stereocenters. The molecule has 1 saturated heterocycles. The van der Waals surface area contributed by atoms with Gasteiger partial charge in [0.05, 0.1) is 4.92 Å². The van der Waals surface area contributed by atoms with Gasteiger partial charge in [-0.25, -0.2) is 10.9 Å². The van der Waals surface area contributed by atoms with Crippen molar-refractivity contribution < 1.29 is 14.5 Å². The van der Waals surface area contributed by atoms with Gasteiger partial charge in [-0.2, -0.15) is 0 Å².